The van der Waals surface area contributed by atoms with Gasteiger partial charge in [0.25, 0.3) is 0 Å². The molecular formula is C4H10N2. The van der Waals surface area contributed by atoms with Gasteiger partial charge < -0.3 is 5.32 Å². The van der Waals surface area contributed by atoms with Crippen LogP contribution in [-0.4, -0.2) is 18.6 Å². The number of nitrogens with zero attached hydrogens (tertiary/aromatic N) is 1. The lowest BCUT2D eigenvalue weighted by atomic mass is 10.9. The fourth-order valence-electron chi connectivity index (χ4n) is 0.191. The fourth-order valence-corrected chi connectivity index (χ4v) is 0.191. The monoisotopic (exact) mass is 86.1 g/mol. The van der Waals surface area contributed by atoms with Crippen LogP contribution in [0.25, 0.3) is 0 Å². The summed E-state index contributed by atoms with van der Waals surface area (Å²) in [6.07, 6.45) is 0. The van der Waals surface area contributed by atoms with Crippen molar-refractivity contribution in [1.82, 2.24) is 10.2 Å². The van der Waals surface area contributed by atoms with Crippen molar-refractivity contribution >= 4 is 0 Å². The summed E-state index contributed by atoms with van der Waals surface area (Å²) in [6, 6.07) is 0. The van der Waals surface area contributed by atoms with Crippen LogP contribution in [0.15, 0.2) is 0 Å². The highest BCUT2D eigenvalue weighted by Crippen LogP contribution is 1.65. The molecule has 6 heavy (non-hydrogen) atoms. The van der Waals surface area contributed by atoms with Gasteiger partial charge in [0.1, 0.15) is 0 Å². The standard InChI is InChI=1S/C4H10N2/c1-5-4-6(2)3/h5H,1-2,4H2,3H3. The number of nitrogens with one attached hydrogen (secondary N) is 1. The Bertz CT molecular complexity index is 26.7. The molecule has 0 aromatic rings. The minimum absolute atomic E-state index is 0.736. The first-order valence-electron chi connectivity index (χ1n) is 1.79. The van der Waals surface area contributed by atoms with Crippen molar-refractivity contribution in [2.24, 2.45) is 0 Å². The van der Waals surface area contributed by atoms with E-state index in [1.54, 1.807) is 4.90 Å². The molecule has 0 aliphatic heterocycles. The maximum atomic E-state index is 3.56. The van der Waals surface area contributed by atoms with E-state index in [9.17, 15) is 0 Å². The molecule has 0 fully saturated rings. The fraction of sp³-hybridized carbons (Fsp3) is 0.500. The summed E-state index contributed by atoms with van der Waals surface area (Å²) in [5, 5.41) is 2.68. The minimum Gasteiger partial charge on any atom is -0.303 e. The van der Waals surface area contributed by atoms with Crippen molar-refractivity contribution < 1.29 is 0 Å². The summed E-state index contributed by atoms with van der Waals surface area (Å²) in [4.78, 5) is 1.76. The first kappa shape index (κ1) is 5.92. The van der Waals surface area contributed by atoms with E-state index in [0.29, 0.717) is 0 Å². The molecule has 0 aromatic heterocycles. The van der Waals surface area contributed by atoms with E-state index in [0.717, 1.165) is 6.67 Å². The largest absolute Gasteiger partial charge is 0.303 e. The lowest BCUT2D eigenvalue weighted by Crippen LogP contribution is -2.20. The summed E-state index contributed by atoms with van der Waals surface area (Å²) in [5.74, 6) is 0. The van der Waals surface area contributed by atoms with E-state index < -0.39 is 0 Å². The van der Waals surface area contributed by atoms with Gasteiger partial charge in [0.2, 0.25) is 0 Å². The molecule has 0 saturated heterocycles. The molecule has 0 rings (SSSR count). The van der Waals surface area contributed by atoms with Crippen LogP contribution in [0.4, 0.5) is 0 Å². The van der Waals surface area contributed by atoms with E-state index >= 15 is 0 Å². The lowest BCUT2D eigenvalue weighted by molar-refractivity contribution is 0.430. The van der Waals surface area contributed by atoms with Crippen LogP contribution in [-0.2, 0) is 0 Å². The lowest BCUT2D eigenvalue weighted by Gasteiger charge is -2.04. The molecule has 0 heterocycles. The molecule has 1 N–H and O–H groups in total. The SMILES string of the molecule is [CH2]NCN([CH2])C. The highest BCUT2D eigenvalue weighted by Gasteiger charge is 1.78. The Labute approximate surface area is 39.1 Å². The van der Waals surface area contributed by atoms with Gasteiger partial charge in [-0.15, -0.1) is 0 Å². The van der Waals surface area contributed by atoms with Gasteiger partial charge in [0.15, 0.2) is 0 Å². The Morgan fingerprint density at radius 2 is 2.33 bits per heavy atom. The first-order chi connectivity index (χ1) is 2.77. The molecule has 2 radical (unpaired) electrons. The quantitative estimate of drug-likeness (QED) is 0.478. The summed E-state index contributed by atoms with van der Waals surface area (Å²) >= 11 is 0. The van der Waals surface area contributed by atoms with Gasteiger partial charge in [-0.1, -0.05) is 0 Å². The Balaban J connectivity index is 2.63. The van der Waals surface area contributed by atoms with Crippen LogP contribution in [0, 0.1) is 14.1 Å². The Hall–Kier alpha value is -0.0800. The molecule has 0 unspecified atom stereocenters. The van der Waals surface area contributed by atoms with Crippen LogP contribution in [0.3, 0.4) is 0 Å². The van der Waals surface area contributed by atoms with Gasteiger partial charge >= 0.3 is 0 Å². The van der Waals surface area contributed by atoms with E-state index in [1.807, 2.05) is 7.05 Å². The molecule has 0 atom stereocenters. The molecular weight excluding hydrogens is 76.1 g/mol. The molecule has 2 heteroatoms. The summed E-state index contributed by atoms with van der Waals surface area (Å²) in [6.45, 7) is 0.736. The van der Waals surface area contributed by atoms with Crippen molar-refractivity contribution in [2.45, 2.75) is 0 Å². The Morgan fingerprint density at radius 1 is 1.83 bits per heavy atom. The van der Waals surface area contributed by atoms with Crippen molar-refractivity contribution in [3.63, 3.8) is 0 Å². The normalized spacial score (nSPS) is 10.0. The summed E-state index contributed by atoms with van der Waals surface area (Å²) in [5.41, 5.74) is 0. The molecule has 0 spiro atoms. The molecule has 0 saturated carbocycles. The van der Waals surface area contributed by atoms with E-state index in [1.165, 1.54) is 0 Å². The predicted octanol–water partition coefficient (Wildman–Crippen LogP) is 0.0485. The van der Waals surface area contributed by atoms with E-state index in [4.69, 9.17) is 0 Å². The van der Waals surface area contributed by atoms with Gasteiger partial charge in [-0.05, 0) is 7.05 Å². The molecule has 0 aliphatic rings. The first-order valence-corrected chi connectivity index (χ1v) is 1.79. The van der Waals surface area contributed by atoms with E-state index in [-0.39, 0.29) is 0 Å². The van der Waals surface area contributed by atoms with Crippen molar-refractivity contribution in [3.05, 3.63) is 14.1 Å². The Kier molecular flexibility index (Phi) is 3.08. The summed E-state index contributed by atoms with van der Waals surface area (Å²) < 4.78 is 0. The van der Waals surface area contributed by atoms with Gasteiger partial charge in [-0.25, -0.2) is 0 Å². The third kappa shape index (κ3) is 3.92. The van der Waals surface area contributed by atoms with Crippen molar-refractivity contribution in [3.8, 4) is 0 Å². The van der Waals surface area contributed by atoms with Crippen LogP contribution < -0.4 is 5.32 Å². The van der Waals surface area contributed by atoms with Gasteiger partial charge in [0, 0.05) is 20.8 Å². The van der Waals surface area contributed by atoms with Gasteiger partial charge in [-0.2, -0.15) is 0 Å². The van der Waals surface area contributed by atoms with Crippen LogP contribution >= 0.6 is 0 Å². The zero-order valence-corrected chi connectivity index (χ0v) is 4.07. The van der Waals surface area contributed by atoms with Gasteiger partial charge in [-0.3, -0.25) is 4.90 Å². The topological polar surface area (TPSA) is 15.3 Å². The second kappa shape index (κ2) is 3.12. The minimum atomic E-state index is 0.736. The molecule has 2 nitrogen and oxygen atoms in total. The zero-order valence-electron chi connectivity index (χ0n) is 4.07. The highest BCUT2D eigenvalue weighted by atomic mass is 15.2. The highest BCUT2D eigenvalue weighted by molar-refractivity contribution is 4.40. The number of hydrogen-bond donors (Lipinski definition) is 1. The Morgan fingerprint density at radius 3 is 2.33 bits per heavy atom. The summed E-state index contributed by atoms with van der Waals surface area (Å²) in [7, 11) is 8.83. The van der Waals surface area contributed by atoms with Crippen molar-refractivity contribution in [2.75, 3.05) is 13.7 Å². The van der Waals surface area contributed by atoms with Gasteiger partial charge in [0.05, 0.1) is 0 Å². The molecule has 0 bridgehead atoms. The zero-order chi connectivity index (χ0) is 4.99. The average molecular weight is 86.1 g/mol. The molecule has 0 aliphatic carbocycles. The molecule has 0 aromatic carbocycles. The van der Waals surface area contributed by atoms with Crippen LogP contribution in [0.2, 0.25) is 0 Å². The van der Waals surface area contributed by atoms with Crippen LogP contribution in [0.1, 0.15) is 0 Å². The molecule has 0 amide bonds. The maximum Gasteiger partial charge on any atom is 0.0478 e. The third-order valence-electron chi connectivity index (χ3n) is 0.382. The van der Waals surface area contributed by atoms with Crippen molar-refractivity contribution in [1.29, 1.82) is 0 Å². The number of hydrogen-bond acceptors (Lipinski definition) is 2. The smallest absolute Gasteiger partial charge is 0.0478 e. The maximum absolute atomic E-state index is 3.56. The predicted molar refractivity (Wildman–Crippen MR) is 26.5 cm³/mol. The second-order valence-corrected chi connectivity index (χ2v) is 1.26. The third-order valence-corrected chi connectivity index (χ3v) is 0.382. The van der Waals surface area contributed by atoms with Crippen LogP contribution in [0.5, 0.6) is 0 Å². The molecule has 36 valence electrons. The average Bonchev–Trinajstić information content (AvgIpc) is 1.35. The second-order valence-electron chi connectivity index (χ2n) is 1.26. The number of rotatable bonds is 2. The van der Waals surface area contributed by atoms with E-state index in [2.05, 4.69) is 19.4 Å².